The molecule has 0 bridgehead atoms. The first-order valence-corrected chi connectivity index (χ1v) is 4.13. The SMILES string of the molecule is COc1c(OC(F)(F)F)c[nH]c(=O)c1CN. The van der Waals surface area contributed by atoms with Crippen LogP contribution in [-0.2, 0) is 6.54 Å². The molecule has 90 valence electrons. The van der Waals surface area contributed by atoms with Crippen LogP contribution in [0.4, 0.5) is 13.2 Å². The smallest absolute Gasteiger partial charge is 0.492 e. The lowest BCUT2D eigenvalue weighted by Crippen LogP contribution is -2.22. The summed E-state index contributed by atoms with van der Waals surface area (Å²) in [4.78, 5) is 13.3. The van der Waals surface area contributed by atoms with Crippen LogP contribution < -0.4 is 20.8 Å². The molecule has 0 atom stereocenters. The predicted molar refractivity (Wildman–Crippen MR) is 48.2 cm³/mol. The standard InChI is InChI=1S/C8H9F3N2O3/c1-15-6-4(2-12)7(14)13-3-5(6)16-8(9,10)11/h3H,2,12H2,1H3,(H,13,14). The Hall–Kier alpha value is -1.70. The fourth-order valence-corrected chi connectivity index (χ4v) is 1.15. The maximum absolute atomic E-state index is 12.0. The lowest BCUT2D eigenvalue weighted by Gasteiger charge is -2.13. The first-order valence-electron chi connectivity index (χ1n) is 4.13. The van der Waals surface area contributed by atoms with Crippen molar-refractivity contribution >= 4 is 0 Å². The molecule has 8 heteroatoms. The minimum atomic E-state index is -4.86. The van der Waals surface area contributed by atoms with E-state index < -0.39 is 17.7 Å². The Kier molecular flexibility index (Phi) is 3.43. The molecule has 0 radical (unpaired) electrons. The molecule has 1 aromatic heterocycles. The van der Waals surface area contributed by atoms with Crippen LogP contribution in [0.25, 0.3) is 0 Å². The molecule has 0 saturated carbocycles. The van der Waals surface area contributed by atoms with E-state index in [1.165, 1.54) is 0 Å². The van der Waals surface area contributed by atoms with Crippen molar-refractivity contribution in [3.05, 3.63) is 22.1 Å². The zero-order valence-electron chi connectivity index (χ0n) is 8.22. The summed E-state index contributed by atoms with van der Waals surface area (Å²) >= 11 is 0. The van der Waals surface area contributed by atoms with Gasteiger partial charge in [-0.05, 0) is 0 Å². The quantitative estimate of drug-likeness (QED) is 0.814. The van der Waals surface area contributed by atoms with E-state index in [9.17, 15) is 18.0 Å². The summed E-state index contributed by atoms with van der Waals surface area (Å²) in [5.74, 6) is -0.946. The summed E-state index contributed by atoms with van der Waals surface area (Å²) in [5.41, 5.74) is 4.50. The van der Waals surface area contributed by atoms with Gasteiger partial charge in [0.25, 0.3) is 5.56 Å². The zero-order chi connectivity index (χ0) is 12.3. The van der Waals surface area contributed by atoms with E-state index in [0.29, 0.717) is 0 Å². The largest absolute Gasteiger partial charge is 0.573 e. The number of H-pyrrole nitrogens is 1. The van der Waals surface area contributed by atoms with Gasteiger partial charge in [0, 0.05) is 6.54 Å². The van der Waals surface area contributed by atoms with Crippen LogP contribution >= 0.6 is 0 Å². The molecule has 0 saturated heterocycles. The Morgan fingerprint density at radius 1 is 1.50 bits per heavy atom. The second kappa shape index (κ2) is 4.44. The number of halogens is 3. The summed E-state index contributed by atoms with van der Waals surface area (Å²) in [5, 5.41) is 0. The second-order valence-corrected chi connectivity index (χ2v) is 2.75. The molecule has 1 heterocycles. The topological polar surface area (TPSA) is 77.3 Å². The number of rotatable bonds is 3. The molecule has 0 fully saturated rings. The predicted octanol–water partition coefficient (Wildman–Crippen LogP) is 0.741. The second-order valence-electron chi connectivity index (χ2n) is 2.75. The normalized spacial score (nSPS) is 11.3. The van der Waals surface area contributed by atoms with Crippen LogP contribution in [0.2, 0.25) is 0 Å². The summed E-state index contributed by atoms with van der Waals surface area (Å²) in [6.45, 7) is -0.256. The van der Waals surface area contributed by atoms with Crippen molar-refractivity contribution in [2.45, 2.75) is 12.9 Å². The van der Waals surface area contributed by atoms with Gasteiger partial charge in [-0.2, -0.15) is 0 Å². The van der Waals surface area contributed by atoms with Crippen molar-refractivity contribution in [2.75, 3.05) is 7.11 Å². The molecule has 3 N–H and O–H groups in total. The van der Waals surface area contributed by atoms with Gasteiger partial charge in [0.1, 0.15) is 0 Å². The third-order valence-electron chi connectivity index (χ3n) is 1.74. The zero-order valence-corrected chi connectivity index (χ0v) is 8.22. The Morgan fingerprint density at radius 2 is 2.12 bits per heavy atom. The van der Waals surface area contributed by atoms with Crippen molar-refractivity contribution in [1.82, 2.24) is 4.98 Å². The van der Waals surface area contributed by atoms with E-state index in [1.807, 2.05) is 0 Å². The van der Waals surface area contributed by atoms with E-state index in [4.69, 9.17) is 5.73 Å². The third kappa shape index (κ3) is 2.66. The van der Waals surface area contributed by atoms with Gasteiger partial charge in [0.15, 0.2) is 11.5 Å². The van der Waals surface area contributed by atoms with E-state index in [-0.39, 0.29) is 17.9 Å². The van der Waals surface area contributed by atoms with Gasteiger partial charge in [-0.1, -0.05) is 0 Å². The number of nitrogens with one attached hydrogen (secondary N) is 1. The van der Waals surface area contributed by atoms with E-state index in [0.717, 1.165) is 13.3 Å². The monoisotopic (exact) mass is 238 g/mol. The number of pyridine rings is 1. The highest BCUT2D eigenvalue weighted by atomic mass is 19.4. The molecule has 16 heavy (non-hydrogen) atoms. The van der Waals surface area contributed by atoms with E-state index >= 15 is 0 Å². The summed E-state index contributed by atoms with van der Waals surface area (Å²) in [7, 11) is 1.12. The number of aromatic amines is 1. The summed E-state index contributed by atoms with van der Waals surface area (Å²) in [6, 6.07) is 0. The molecule has 1 aromatic rings. The average molecular weight is 238 g/mol. The third-order valence-corrected chi connectivity index (χ3v) is 1.74. The first kappa shape index (κ1) is 12.4. The minimum absolute atomic E-state index is 0.107. The number of hydrogen-bond acceptors (Lipinski definition) is 4. The fourth-order valence-electron chi connectivity index (χ4n) is 1.15. The number of nitrogens with two attached hydrogens (primary N) is 1. The molecule has 0 unspecified atom stereocenters. The first-order chi connectivity index (χ1) is 7.39. The van der Waals surface area contributed by atoms with Crippen molar-refractivity contribution in [1.29, 1.82) is 0 Å². The highest BCUT2D eigenvalue weighted by molar-refractivity contribution is 5.43. The number of ether oxygens (including phenoxy) is 2. The molecule has 0 aliphatic rings. The van der Waals surface area contributed by atoms with Crippen LogP contribution in [0, 0.1) is 0 Å². The highest BCUT2D eigenvalue weighted by Crippen LogP contribution is 2.32. The fraction of sp³-hybridized carbons (Fsp3) is 0.375. The van der Waals surface area contributed by atoms with Gasteiger partial charge in [0.05, 0.1) is 18.9 Å². The molecule has 5 nitrogen and oxygen atoms in total. The van der Waals surface area contributed by atoms with Crippen molar-refractivity contribution in [3.8, 4) is 11.5 Å². The van der Waals surface area contributed by atoms with Gasteiger partial charge in [-0.15, -0.1) is 13.2 Å². The average Bonchev–Trinajstić information content (AvgIpc) is 2.18. The number of aromatic nitrogens is 1. The molecular formula is C8H9F3N2O3. The van der Waals surface area contributed by atoms with Gasteiger partial charge in [0.2, 0.25) is 0 Å². The van der Waals surface area contributed by atoms with Crippen molar-refractivity contribution in [3.63, 3.8) is 0 Å². The Bertz CT molecular complexity index is 428. The summed E-state index contributed by atoms with van der Waals surface area (Å²) < 4.78 is 44.3. The van der Waals surface area contributed by atoms with Crippen LogP contribution in [0.5, 0.6) is 11.5 Å². The van der Waals surface area contributed by atoms with Gasteiger partial charge in [-0.25, -0.2) is 0 Å². The number of alkyl halides is 3. The van der Waals surface area contributed by atoms with Gasteiger partial charge < -0.3 is 20.2 Å². The molecule has 0 aromatic carbocycles. The highest BCUT2D eigenvalue weighted by Gasteiger charge is 2.33. The minimum Gasteiger partial charge on any atom is -0.492 e. The summed E-state index contributed by atoms with van der Waals surface area (Å²) in [6.07, 6.45) is -4.09. The Morgan fingerprint density at radius 3 is 2.56 bits per heavy atom. The lowest BCUT2D eigenvalue weighted by molar-refractivity contribution is -0.275. The Balaban J connectivity index is 3.25. The molecular weight excluding hydrogens is 229 g/mol. The lowest BCUT2D eigenvalue weighted by atomic mass is 10.2. The molecule has 0 amide bonds. The maximum atomic E-state index is 12.0. The molecule has 0 aliphatic carbocycles. The van der Waals surface area contributed by atoms with Crippen LogP contribution in [0.3, 0.4) is 0 Å². The van der Waals surface area contributed by atoms with Gasteiger partial charge in [-0.3, -0.25) is 4.79 Å². The van der Waals surface area contributed by atoms with Crippen LogP contribution in [-0.4, -0.2) is 18.5 Å². The molecule has 0 aliphatic heterocycles. The molecule has 0 spiro atoms. The van der Waals surface area contributed by atoms with Crippen LogP contribution in [0.1, 0.15) is 5.56 Å². The van der Waals surface area contributed by atoms with Crippen molar-refractivity contribution < 1.29 is 22.6 Å². The Labute approximate surface area is 88.0 Å². The molecule has 1 rings (SSSR count). The van der Waals surface area contributed by atoms with Gasteiger partial charge >= 0.3 is 6.36 Å². The van der Waals surface area contributed by atoms with E-state index in [1.54, 1.807) is 0 Å². The number of methoxy groups -OCH3 is 1. The van der Waals surface area contributed by atoms with Crippen LogP contribution in [0.15, 0.2) is 11.0 Å². The van der Waals surface area contributed by atoms with Crippen molar-refractivity contribution in [2.24, 2.45) is 5.73 Å². The maximum Gasteiger partial charge on any atom is 0.573 e. The number of hydrogen-bond donors (Lipinski definition) is 2. The van der Waals surface area contributed by atoms with E-state index in [2.05, 4.69) is 14.5 Å².